The normalized spacial score (nSPS) is 25.8. The third-order valence-electron chi connectivity index (χ3n) is 5.29. The van der Waals surface area contributed by atoms with E-state index in [1.54, 1.807) is 0 Å². The minimum absolute atomic E-state index is 0.0372. The molecule has 0 bridgehead atoms. The van der Waals surface area contributed by atoms with Crippen molar-refractivity contribution in [3.8, 4) is 0 Å². The Labute approximate surface area is 151 Å². The molecule has 1 aliphatic carbocycles. The molecule has 0 spiro atoms. The lowest BCUT2D eigenvalue weighted by Gasteiger charge is -2.37. The molecule has 3 heterocycles. The first-order chi connectivity index (χ1) is 12.3. The molecule has 2 saturated heterocycles. The number of carbonyl (C=O) groups is 1. The largest absolute Gasteiger partial charge is 0.348 e. The number of thioether (sulfide) groups is 1. The van der Waals surface area contributed by atoms with Crippen molar-refractivity contribution in [2.24, 2.45) is 0 Å². The summed E-state index contributed by atoms with van der Waals surface area (Å²) in [6.07, 6.45) is 7.53. The van der Waals surface area contributed by atoms with Gasteiger partial charge in [-0.1, -0.05) is 24.6 Å². The van der Waals surface area contributed by atoms with E-state index < -0.39 is 0 Å². The van der Waals surface area contributed by atoms with E-state index in [0.29, 0.717) is 25.0 Å². The van der Waals surface area contributed by atoms with Gasteiger partial charge in [0.15, 0.2) is 6.29 Å². The third-order valence-corrected chi connectivity index (χ3v) is 6.21. The van der Waals surface area contributed by atoms with Crippen LogP contribution in [0.25, 0.3) is 0 Å². The second kappa shape index (κ2) is 8.01. The summed E-state index contributed by atoms with van der Waals surface area (Å²) in [5, 5.41) is 12.8. The molecular formula is C16H25N5O3S. The van der Waals surface area contributed by atoms with Crippen molar-refractivity contribution in [3.63, 3.8) is 0 Å². The molecule has 138 valence electrons. The topological polar surface area (TPSA) is 82.4 Å². The van der Waals surface area contributed by atoms with E-state index in [1.165, 1.54) is 24.6 Å². The zero-order chi connectivity index (χ0) is 17.1. The van der Waals surface area contributed by atoms with Gasteiger partial charge in [-0.25, -0.2) is 4.68 Å². The van der Waals surface area contributed by atoms with Crippen LogP contribution in [0.4, 0.5) is 0 Å². The number of aromatic nitrogens is 4. The molecule has 8 nitrogen and oxygen atoms in total. The van der Waals surface area contributed by atoms with Crippen molar-refractivity contribution in [2.75, 3.05) is 25.5 Å². The Morgan fingerprint density at radius 1 is 1.12 bits per heavy atom. The maximum Gasteiger partial charge on any atom is 0.233 e. The van der Waals surface area contributed by atoms with Gasteiger partial charge < -0.3 is 14.4 Å². The first kappa shape index (κ1) is 17.2. The fourth-order valence-corrected chi connectivity index (χ4v) is 4.85. The fraction of sp³-hybridized carbons (Fsp3) is 0.875. The maximum atomic E-state index is 12.8. The number of nitrogens with zero attached hydrogens (tertiary/aromatic N) is 5. The van der Waals surface area contributed by atoms with Gasteiger partial charge in [0.1, 0.15) is 0 Å². The van der Waals surface area contributed by atoms with Gasteiger partial charge in [-0.15, -0.1) is 5.10 Å². The van der Waals surface area contributed by atoms with Crippen LogP contribution in [0.2, 0.25) is 0 Å². The minimum atomic E-state index is -0.266. The summed E-state index contributed by atoms with van der Waals surface area (Å²) in [4.78, 5) is 14.7. The molecule has 9 heteroatoms. The van der Waals surface area contributed by atoms with Crippen molar-refractivity contribution < 1.29 is 14.3 Å². The Kier molecular flexibility index (Phi) is 5.52. The number of tetrazole rings is 1. The fourth-order valence-electron chi connectivity index (χ4n) is 4.02. The molecule has 4 rings (SSSR count). The molecule has 1 saturated carbocycles. The van der Waals surface area contributed by atoms with Crippen LogP contribution in [-0.2, 0) is 14.3 Å². The molecule has 1 aromatic heterocycles. The van der Waals surface area contributed by atoms with Crippen LogP contribution in [0.5, 0.6) is 0 Å². The quantitative estimate of drug-likeness (QED) is 0.732. The van der Waals surface area contributed by atoms with Gasteiger partial charge in [0.25, 0.3) is 0 Å². The molecule has 0 N–H and O–H groups in total. The Balaban J connectivity index is 1.37. The van der Waals surface area contributed by atoms with E-state index in [1.807, 2.05) is 9.58 Å². The highest BCUT2D eigenvalue weighted by molar-refractivity contribution is 7.99. The monoisotopic (exact) mass is 367 g/mol. The van der Waals surface area contributed by atoms with Crippen LogP contribution < -0.4 is 0 Å². The summed E-state index contributed by atoms with van der Waals surface area (Å²) in [6.45, 7) is 2.02. The number of ether oxygens (including phenoxy) is 2. The Morgan fingerprint density at radius 2 is 1.88 bits per heavy atom. The molecule has 1 amide bonds. The van der Waals surface area contributed by atoms with Gasteiger partial charge in [-0.05, 0) is 42.5 Å². The third kappa shape index (κ3) is 3.83. The average molecular weight is 367 g/mol. The van der Waals surface area contributed by atoms with Crippen LogP contribution in [-0.4, -0.2) is 68.9 Å². The molecule has 25 heavy (non-hydrogen) atoms. The number of amides is 1. The molecule has 1 atom stereocenters. The van der Waals surface area contributed by atoms with E-state index in [9.17, 15) is 4.79 Å². The van der Waals surface area contributed by atoms with Crippen LogP contribution in [0.3, 0.4) is 0 Å². The number of likely N-dealkylation sites (tertiary alicyclic amines) is 1. The second-order valence-corrected chi connectivity index (χ2v) is 7.84. The summed E-state index contributed by atoms with van der Waals surface area (Å²) in [5.41, 5.74) is 0. The highest BCUT2D eigenvalue weighted by Gasteiger charge is 2.36. The number of piperidine rings is 1. The molecule has 3 aliphatic rings. The van der Waals surface area contributed by atoms with Gasteiger partial charge in [0.05, 0.1) is 31.1 Å². The lowest BCUT2D eigenvalue weighted by Crippen LogP contribution is -2.50. The summed E-state index contributed by atoms with van der Waals surface area (Å²) in [6, 6.07) is 0.422. The Morgan fingerprint density at radius 3 is 2.68 bits per heavy atom. The van der Waals surface area contributed by atoms with Gasteiger partial charge >= 0.3 is 0 Å². The van der Waals surface area contributed by atoms with Crippen LogP contribution in [0.1, 0.15) is 51.0 Å². The van der Waals surface area contributed by atoms with Crippen molar-refractivity contribution in [3.05, 3.63) is 0 Å². The molecular weight excluding hydrogens is 342 g/mol. The zero-order valence-electron chi connectivity index (χ0n) is 14.4. The highest BCUT2D eigenvalue weighted by Crippen LogP contribution is 2.32. The van der Waals surface area contributed by atoms with E-state index >= 15 is 0 Å². The van der Waals surface area contributed by atoms with Crippen LogP contribution in [0.15, 0.2) is 5.16 Å². The van der Waals surface area contributed by atoms with Crippen LogP contribution in [0, 0.1) is 0 Å². The van der Waals surface area contributed by atoms with Crippen molar-refractivity contribution >= 4 is 17.7 Å². The smallest absolute Gasteiger partial charge is 0.233 e. The van der Waals surface area contributed by atoms with E-state index in [-0.39, 0.29) is 18.2 Å². The zero-order valence-corrected chi connectivity index (χ0v) is 15.2. The summed E-state index contributed by atoms with van der Waals surface area (Å²) in [7, 11) is 0. The number of hydrogen-bond donors (Lipinski definition) is 0. The lowest BCUT2D eigenvalue weighted by molar-refractivity contribution is -0.148. The summed E-state index contributed by atoms with van der Waals surface area (Å²) in [5.74, 6) is 0.478. The number of rotatable bonds is 5. The van der Waals surface area contributed by atoms with Crippen molar-refractivity contribution in [1.82, 2.24) is 25.1 Å². The van der Waals surface area contributed by atoms with Gasteiger partial charge in [0.2, 0.25) is 11.1 Å². The molecule has 3 fully saturated rings. The standard InChI is InChI=1S/C16H25N5O3S/c22-14(20-8-4-3-7-13(20)15-23-9-10-24-15)11-25-16-17-18-19-21(16)12-5-1-2-6-12/h12-13,15H,1-11H2. The van der Waals surface area contributed by atoms with Gasteiger partial charge in [-0.3, -0.25) is 4.79 Å². The highest BCUT2D eigenvalue weighted by atomic mass is 32.2. The Hall–Kier alpha value is -1.19. The number of hydrogen-bond acceptors (Lipinski definition) is 7. The van der Waals surface area contributed by atoms with Crippen molar-refractivity contribution in [1.29, 1.82) is 0 Å². The SMILES string of the molecule is O=C(CSc1nnnn1C1CCCC1)N1CCCCC1C1OCCO1. The maximum absolute atomic E-state index is 12.8. The first-order valence-electron chi connectivity index (χ1n) is 9.26. The predicted molar refractivity (Wildman–Crippen MR) is 91.1 cm³/mol. The van der Waals surface area contributed by atoms with E-state index in [2.05, 4.69) is 15.5 Å². The van der Waals surface area contributed by atoms with Gasteiger partial charge in [0, 0.05) is 6.54 Å². The Bertz CT molecular complexity index is 586. The predicted octanol–water partition coefficient (Wildman–Crippen LogP) is 1.63. The second-order valence-electron chi connectivity index (χ2n) is 6.89. The molecule has 1 unspecified atom stereocenters. The summed E-state index contributed by atoms with van der Waals surface area (Å²) < 4.78 is 13.2. The van der Waals surface area contributed by atoms with Crippen LogP contribution >= 0.6 is 11.8 Å². The minimum Gasteiger partial charge on any atom is -0.348 e. The van der Waals surface area contributed by atoms with E-state index in [0.717, 1.165) is 43.8 Å². The molecule has 0 aromatic carbocycles. The van der Waals surface area contributed by atoms with Gasteiger partial charge in [-0.2, -0.15) is 0 Å². The molecule has 0 radical (unpaired) electrons. The number of carbonyl (C=O) groups excluding carboxylic acids is 1. The van der Waals surface area contributed by atoms with E-state index in [4.69, 9.17) is 9.47 Å². The summed E-state index contributed by atoms with van der Waals surface area (Å²) >= 11 is 1.44. The average Bonchev–Trinajstić information content (AvgIpc) is 3.41. The lowest BCUT2D eigenvalue weighted by atomic mass is 10.0. The van der Waals surface area contributed by atoms with Crippen molar-refractivity contribution in [2.45, 2.75) is 68.5 Å². The molecule has 2 aliphatic heterocycles. The first-order valence-corrected chi connectivity index (χ1v) is 10.2. The molecule has 1 aromatic rings.